The highest BCUT2D eigenvalue weighted by molar-refractivity contribution is 5.95. The maximum Gasteiger partial charge on any atom is 0.253 e. The van der Waals surface area contributed by atoms with Gasteiger partial charge in [0.25, 0.3) is 5.91 Å². The van der Waals surface area contributed by atoms with Crippen molar-refractivity contribution in [2.45, 2.75) is 39.2 Å². The zero-order chi connectivity index (χ0) is 19.3. The Balaban J connectivity index is 2.12. The minimum absolute atomic E-state index is 0.0321. The molecule has 6 heteroatoms. The van der Waals surface area contributed by atoms with E-state index in [1.807, 2.05) is 31.0 Å². The molecule has 0 aliphatic carbocycles. The summed E-state index contributed by atoms with van der Waals surface area (Å²) in [5.74, 6) is 0.867. The lowest BCUT2D eigenvalue weighted by molar-refractivity contribution is -0.131. The van der Waals surface area contributed by atoms with E-state index in [4.69, 9.17) is 4.74 Å². The van der Waals surface area contributed by atoms with Gasteiger partial charge in [0.05, 0.1) is 18.2 Å². The number of hydrogen-bond donors (Lipinski definition) is 0. The number of nitrogens with zero attached hydrogens (tertiary/aromatic N) is 3. The molecule has 1 unspecified atom stereocenters. The number of unbranched alkanes of at least 4 members (excludes halogenated alkanes) is 1. The first-order chi connectivity index (χ1) is 12.4. The number of likely N-dealkylation sites (N-methyl/N-ethyl adjacent to an activating group) is 1. The number of fused-ring (bicyclic) bond motifs is 1. The molecule has 1 atom stereocenters. The number of hydrogen-bond acceptors (Lipinski definition) is 4. The minimum Gasteiger partial charge on any atom is -0.489 e. The van der Waals surface area contributed by atoms with Crippen molar-refractivity contribution in [3.63, 3.8) is 0 Å². The molecule has 1 heterocycles. The summed E-state index contributed by atoms with van der Waals surface area (Å²) in [6, 6.07) is 5.43. The zero-order valence-electron chi connectivity index (χ0n) is 16.6. The normalized spacial score (nSPS) is 15.9. The Kier molecular flexibility index (Phi) is 6.89. The van der Waals surface area contributed by atoms with E-state index < -0.39 is 0 Å². The van der Waals surface area contributed by atoms with E-state index in [0.717, 1.165) is 37.4 Å². The first-order valence-corrected chi connectivity index (χ1v) is 9.38. The van der Waals surface area contributed by atoms with Crippen LogP contribution in [-0.4, -0.2) is 68.5 Å². The van der Waals surface area contributed by atoms with Crippen LogP contribution in [0.3, 0.4) is 0 Å². The Bertz CT molecular complexity index is 645. The summed E-state index contributed by atoms with van der Waals surface area (Å²) >= 11 is 0. The molecular weight excluding hydrogens is 330 g/mol. The number of anilines is 1. The predicted octanol–water partition coefficient (Wildman–Crippen LogP) is 2.62. The largest absolute Gasteiger partial charge is 0.489 e. The van der Waals surface area contributed by atoms with Gasteiger partial charge in [0.1, 0.15) is 12.4 Å². The van der Waals surface area contributed by atoms with Crippen molar-refractivity contribution in [1.29, 1.82) is 0 Å². The number of rotatable bonds is 7. The third-order valence-electron chi connectivity index (χ3n) is 4.90. The van der Waals surface area contributed by atoms with Crippen LogP contribution in [0, 0.1) is 0 Å². The highest BCUT2D eigenvalue weighted by Crippen LogP contribution is 2.34. The lowest BCUT2D eigenvalue weighted by Gasteiger charge is -2.36. The second-order valence-electron chi connectivity index (χ2n) is 6.99. The molecule has 2 rings (SSSR count). The van der Waals surface area contributed by atoms with Gasteiger partial charge in [-0.3, -0.25) is 9.59 Å². The van der Waals surface area contributed by atoms with Crippen molar-refractivity contribution in [1.82, 2.24) is 9.80 Å². The van der Waals surface area contributed by atoms with Crippen LogP contribution in [0.25, 0.3) is 0 Å². The van der Waals surface area contributed by atoms with Gasteiger partial charge in [-0.25, -0.2) is 0 Å². The van der Waals surface area contributed by atoms with E-state index in [1.54, 1.807) is 25.1 Å². The summed E-state index contributed by atoms with van der Waals surface area (Å²) < 4.78 is 5.86. The Hall–Kier alpha value is -2.24. The summed E-state index contributed by atoms with van der Waals surface area (Å²) in [4.78, 5) is 30.4. The average molecular weight is 361 g/mol. The second-order valence-corrected chi connectivity index (χ2v) is 6.99. The topological polar surface area (TPSA) is 53.1 Å². The molecule has 1 aromatic carbocycles. The van der Waals surface area contributed by atoms with Crippen LogP contribution < -0.4 is 9.64 Å². The first-order valence-electron chi connectivity index (χ1n) is 9.38. The molecule has 1 aliphatic heterocycles. The molecule has 0 saturated heterocycles. The molecule has 6 nitrogen and oxygen atoms in total. The molecule has 0 fully saturated rings. The highest BCUT2D eigenvalue weighted by atomic mass is 16.5. The van der Waals surface area contributed by atoms with Crippen molar-refractivity contribution >= 4 is 17.5 Å². The molecule has 0 aromatic heterocycles. The summed E-state index contributed by atoms with van der Waals surface area (Å²) in [5.41, 5.74) is 1.48. The van der Waals surface area contributed by atoms with Crippen LogP contribution in [0.5, 0.6) is 5.75 Å². The van der Waals surface area contributed by atoms with Crippen LogP contribution in [0.1, 0.15) is 43.5 Å². The van der Waals surface area contributed by atoms with Gasteiger partial charge in [0.2, 0.25) is 5.91 Å². The third-order valence-corrected chi connectivity index (χ3v) is 4.90. The number of carbonyl (C=O) groups excluding carboxylic acids is 2. The zero-order valence-corrected chi connectivity index (χ0v) is 16.6. The van der Waals surface area contributed by atoms with E-state index in [1.165, 1.54) is 0 Å². The minimum atomic E-state index is -0.0453. The number of ether oxygens (including phenoxy) is 1. The van der Waals surface area contributed by atoms with Crippen LogP contribution in [0.15, 0.2) is 18.2 Å². The fourth-order valence-electron chi connectivity index (χ4n) is 3.14. The molecule has 0 spiro atoms. The van der Waals surface area contributed by atoms with Crippen molar-refractivity contribution in [3.05, 3.63) is 23.8 Å². The van der Waals surface area contributed by atoms with E-state index in [2.05, 4.69) is 11.8 Å². The Morgan fingerprint density at radius 3 is 2.62 bits per heavy atom. The molecular formula is C20H31N3O3. The van der Waals surface area contributed by atoms with Gasteiger partial charge in [-0.1, -0.05) is 13.3 Å². The van der Waals surface area contributed by atoms with E-state index in [0.29, 0.717) is 18.6 Å². The van der Waals surface area contributed by atoms with Gasteiger partial charge in [-0.05, 0) is 31.5 Å². The number of carbonyl (C=O) groups is 2. The quantitative estimate of drug-likeness (QED) is 0.749. The maximum absolute atomic E-state index is 12.7. The monoisotopic (exact) mass is 361 g/mol. The standard InChI is InChI=1S/C20H31N3O3/c1-6-8-11-23(7-2)19(24)13-16-14-26-18-10-9-15(20(25)21(3)4)12-17(18)22(16)5/h9-10,12,16H,6-8,11,13-14H2,1-5H3. The SMILES string of the molecule is CCCCN(CC)C(=O)CC1COc2ccc(C(=O)N(C)C)cc2N1C. The molecule has 0 bridgehead atoms. The first kappa shape index (κ1) is 20.1. The summed E-state index contributed by atoms with van der Waals surface area (Å²) in [6.45, 7) is 6.16. The number of amides is 2. The van der Waals surface area contributed by atoms with Crippen LogP contribution >= 0.6 is 0 Å². The molecule has 1 aromatic rings. The van der Waals surface area contributed by atoms with Crippen molar-refractivity contribution in [3.8, 4) is 5.75 Å². The lowest BCUT2D eigenvalue weighted by atomic mass is 10.1. The van der Waals surface area contributed by atoms with Gasteiger partial charge >= 0.3 is 0 Å². The summed E-state index contributed by atoms with van der Waals surface area (Å²) in [6.07, 6.45) is 2.51. The van der Waals surface area contributed by atoms with E-state index >= 15 is 0 Å². The smallest absolute Gasteiger partial charge is 0.253 e. The van der Waals surface area contributed by atoms with Crippen molar-refractivity contribution in [2.24, 2.45) is 0 Å². The predicted molar refractivity (Wildman–Crippen MR) is 104 cm³/mol. The van der Waals surface area contributed by atoms with Crippen molar-refractivity contribution < 1.29 is 14.3 Å². The summed E-state index contributed by atoms with van der Waals surface area (Å²) in [7, 11) is 5.43. The number of benzene rings is 1. The molecule has 0 saturated carbocycles. The maximum atomic E-state index is 12.7. The fraction of sp³-hybridized carbons (Fsp3) is 0.600. The van der Waals surface area contributed by atoms with Gasteiger partial charge < -0.3 is 19.4 Å². The van der Waals surface area contributed by atoms with Crippen LogP contribution in [0.4, 0.5) is 5.69 Å². The van der Waals surface area contributed by atoms with Crippen LogP contribution in [0.2, 0.25) is 0 Å². The van der Waals surface area contributed by atoms with Gasteiger partial charge in [0.15, 0.2) is 0 Å². The van der Waals surface area contributed by atoms with E-state index in [-0.39, 0.29) is 17.9 Å². The second kappa shape index (κ2) is 8.92. The molecule has 26 heavy (non-hydrogen) atoms. The molecule has 0 N–H and O–H groups in total. The average Bonchev–Trinajstić information content (AvgIpc) is 2.63. The van der Waals surface area contributed by atoms with Gasteiger partial charge in [-0.15, -0.1) is 0 Å². The Labute approximate surface area is 156 Å². The van der Waals surface area contributed by atoms with Crippen LogP contribution in [-0.2, 0) is 4.79 Å². The molecule has 1 aliphatic rings. The molecule has 2 amide bonds. The van der Waals surface area contributed by atoms with E-state index in [9.17, 15) is 9.59 Å². The summed E-state index contributed by atoms with van der Waals surface area (Å²) in [5, 5.41) is 0. The van der Waals surface area contributed by atoms with Gasteiger partial charge in [0, 0.05) is 39.8 Å². The van der Waals surface area contributed by atoms with Crippen molar-refractivity contribution in [2.75, 3.05) is 45.7 Å². The fourth-order valence-corrected chi connectivity index (χ4v) is 3.14. The van der Waals surface area contributed by atoms with Gasteiger partial charge in [-0.2, -0.15) is 0 Å². The Morgan fingerprint density at radius 2 is 2.00 bits per heavy atom. The molecule has 144 valence electrons. The highest BCUT2D eigenvalue weighted by Gasteiger charge is 2.29. The third kappa shape index (κ3) is 4.48. The lowest BCUT2D eigenvalue weighted by Crippen LogP contribution is -2.45. The molecule has 0 radical (unpaired) electrons. The Morgan fingerprint density at radius 1 is 1.27 bits per heavy atom.